The van der Waals surface area contributed by atoms with Gasteiger partial charge in [0.05, 0.1) is 6.61 Å². The highest BCUT2D eigenvalue weighted by molar-refractivity contribution is 5.63. The molecule has 0 amide bonds. The molecule has 0 unspecified atom stereocenters. The number of likely N-dealkylation sites (N-methyl/N-ethyl adjacent to an activating group) is 1. The molecule has 27 heavy (non-hydrogen) atoms. The molecule has 0 heterocycles. The average molecular weight is 361 g/mol. The van der Waals surface area contributed by atoms with Gasteiger partial charge in [-0.15, -0.1) is 0 Å². The number of hydrogen-bond donors (Lipinski definition) is 2. The van der Waals surface area contributed by atoms with E-state index in [1.165, 1.54) is 22.3 Å². The Morgan fingerprint density at radius 3 is 2.11 bits per heavy atom. The SMILES string of the molecule is C[C@@H](NCc1ccc(N(C)CCO)cc1)c1ccc(-c2ccccc2)cc1. The van der Waals surface area contributed by atoms with Crippen LogP contribution in [0.3, 0.4) is 0 Å². The number of aliphatic hydroxyl groups is 1. The van der Waals surface area contributed by atoms with Crippen LogP contribution in [0, 0.1) is 0 Å². The molecule has 0 aliphatic heterocycles. The highest BCUT2D eigenvalue weighted by Crippen LogP contribution is 2.22. The van der Waals surface area contributed by atoms with Gasteiger partial charge in [0, 0.05) is 31.9 Å². The molecule has 0 spiro atoms. The van der Waals surface area contributed by atoms with Gasteiger partial charge in [0.15, 0.2) is 0 Å². The van der Waals surface area contributed by atoms with Crippen molar-refractivity contribution in [2.45, 2.75) is 19.5 Å². The first kappa shape index (κ1) is 19.2. The van der Waals surface area contributed by atoms with Crippen LogP contribution in [0.5, 0.6) is 0 Å². The van der Waals surface area contributed by atoms with Crippen LogP contribution in [0.25, 0.3) is 11.1 Å². The van der Waals surface area contributed by atoms with E-state index in [4.69, 9.17) is 5.11 Å². The summed E-state index contributed by atoms with van der Waals surface area (Å²) in [6, 6.07) is 28.0. The summed E-state index contributed by atoms with van der Waals surface area (Å²) in [6.07, 6.45) is 0. The van der Waals surface area contributed by atoms with Gasteiger partial charge < -0.3 is 15.3 Å². The van der Waals surface area contributed by atoms with Crippen LogP contribution in [0.15, 0.2) is 78.9 Å². The fraction of sp³-hybridized carbons (Fsp3) is 0.250. The zero-order valence-electron chi connectivity index (χ0n) is 16.1. The van der Waals surface area contributed by atoms with E-state index >= 15 is 0 Å². The predicted molar refractivity (Wildman–Crippen MR) is 114 cm³/mol. The van der Waals surface area contributed by atoms with Crippen LogP contribution in [-0.4, -0.2) is 25.3 Å². The Morgan fingerprint density at radius 1 is 0.852 bits per heavy atom. The zero-order chi connectivity index (χ0) is 19.1. The summed E-state index contributed by atoms with van der Waals surface area (Å²) in [6.45, 7) is 3.83. The third-order valence-corrected chi connectivity index (χ3v) is 4.94. The van der Waals surface area contributed by atoms with Crippen molar-refractivity contribution in [3.05, 3.63) is 90.0 Å². The van der Waals surface area contributed by atoms with Crippen LogP contribution in [0.2, 0.25) is 0 Å². The van der Waals surface area contributed by atoms with Gasteiger partial charge in [-0.1, -0.05) is 66.7 Å². The minimum atomic E-state index is 0.167. The first-order valence-electron chi connectivity index (χ1n) is 9.47. The van der Waals surface area contributed by atoms with Gasteiger partial charge in [0.1, 0.15) is 0 Å². The summed E-state index contributed by atoms with van der Waals surface area (Å²) in [5.74, 6) is 0. The molecule has 1 atom stereocenters. The maximum absolute atomic E-state index is 9.04. The Balaban J connectivity index is 1.57. The Morgan fingerprint density at radius 2 is 1.48 bits per heavy atom. The number of aliphatic hydroxyl groups excluding tert-OH is 1. The lowest BCUT2D eigenvalue weighted by Crippen LogP contribution is -2.21. The molecule has 3 aromatic rings. The van der Waals surface area contributed by atoms with Crippen LogP contribution in [-0.2, 0) is 6.54 Å². The number of nitrogens with zero attached hydrogens (tertiary/aromatic N) is 1. The maximum atomic E-state index is 9.04. The largest absolute Gasteiger partial charge is 0.395 e. The molecule has 3 heteroatoms. The van der Waals surface area contributed by atoms with Crippen molar-refractivity contribution in [2.24, 2.45) is 0 Å². The van der Waals surface area contributed by atoms with Gasteiger partial charge in [-0.05, 0) is 41.3 Å². The fourth-order valence-corrected chi connectivity index (χ4v) is 3.13. The highest BCUT2D eigenvalue weighted by Gasteiger charge is 2.06. The fourth-order valence-electron chi connectivity index (χ4n) is 3.13. The number of rotatable bonds is 8. The monoisotopic (exact) mass is 360 g/mol. The van der Waals surface area contributed by atoms with Crippen molar-refractivity contribution in [2.75, 3.05) is 25.1 Å². The van der Waals surface area contributed by atoms with Gasteiger partial charge in [-0.25, -0.2) is 0 Å². The van der Waals surface area contributed by atoms with Crippen molar-refractivity contribution in [1.29, 1.82) is 0 Å². The predicted octanol–water partition coefficient (Wildman–Crippen LogP) is 4.63. The van der Waals surface area contributed by atoms with Crippen LogP contribution < -0.4 is 10.2 Å². The number of benzene rings is 3. The van der Waals surface area contributed by atoms with Crippen molar-refractivity contribution >= 4 is 5.69 Å². The molecule has 2 N–H and O–H groups in total. The van der Waals surface area contributed by atoms with E-state index in [2.05, 4.69) is 85.0 Å². The standard InChI is InChI=1S/C24H28N2O/c1-19(21-10-12-23(13-11-21)22-6-4-3-5-7-22)25-18-20-8-14-24(15-9-20)26(2)16-17-27/h3-15,19,25,27H,16-18H2,1-2H3/t19-/m1/s1. The lowest BCUT2D eigenvalue weighted by atomic mass is 10.0. The molecule has 0 aromatic heterocycles. The minimum absolute atomic E-state index is 0.167. The smallest absolute Gasteiger partial charge is 0.0606 e. The Hall–Kier alpha value is -2.62. The van der Waals surface area contributed by atoms with Crippen molar-refractivity contribution < 1.29 is 5.11 Å². The lowest BCUT2D eigenvalue weighted by molar-refractivity contribution is 0.304. The summed E-state index contributed by atoms with van der Waals surface area (Å²) in [5.41, 5.74) is 6.15. The van der Waals surface area contributed by atoms with Crippen LogP contribution >= 0.6 is 0 Å². The number of nitrogens with one attached hydrogen (secondary N) is 1. The third kappa shape index (κ3) is 5.19. The highest BCUT2D eigenvalue weighted by atomic mass is 16.3. The van der Waals surface area contributed by atoms with Gasteiger partial charge in [0.25, 0.3) is 0 Å². The van der Waals surface area contributed by atoms with Gasteiger partial charge in [0.2, 0.25) is 0 Å². The summed E-state index contributed by atoms with van der Waals surface area (Å²) in [4.78, 5) is 2.05. The molecule has 140 valence electrons. The van der Waals surface area contributed by atoms with Crippen molar-refractivity contribution in [3.8, 4) is 11.1 Å². The Bertz CT molecular complexity index is 813. The first-order valence-corrected chi connectivity index (χ1v) is 9.47. The number of hydrogen-bond acceptors (Lipinski definition) is 3. The third-order valence-electron chi connectivity index (χ3n) is 4.94. The van der Waals surface area contributed by atoms with E-state index in [0.29, 0.717) is 6.54 Å². The lowest BCUT2D eigenvalue weighted by Gasteiger charge is -2.19. The topological polar surface area (TPSA) is 35.5 Å². The second-order valence-electron chi connectivity index (χ2n) is 6.90. The summed E-state index contributed by atoms with van der Waals surface area (Å²) >= 11 is 0. The quantitative estimate of drug-likeness (QED) is 0.615. The molecule has 0 aliphatic carbocycles. The van der Waals surface area contributed by atoms with Gasteiger partial charge in [-0.2, -0.15) is 0 Å². The molecule has 0 saturated carbocycles. The second kappa shape index (κ2) is 9.36. The molecule has 0 aliphatic rings. The normalized spacial score (nSPS) is 12.0. The summed E-state index contributed by atoms with van der Waals surface area (Å²) in [5, 5.41) is 12.6. The van der Waals surface area contributed by atoms with E-state index in [9.17, 15) is 0 Å². The molecule has 3 aromatic carbocycles. The Kier molecular flexibility index (Phi) is 6.64. The van der Waals surface area contributed by atoms with Crippen molar-refractivity contribution in [3.63, 3.8) is 0 Å². The summed E-state index contributed by atoms with van der Waals surface area (Å²) < 4.78 is 0. The number of anilines is 1. The molecule has 0 bridgehead atoms. The van der Waals surface area contributed by atoms with Crippen molar-refractivity contribution in [1.82, 2.24) is 5.32 Å². The second-order valence-corrected chi connectivity index (χ2v) is 6.90. The maximum Gasteiger partial charge on any atom is 0.0606 e. The molecular weight excluding hydrogens is 332 g/mol. The zero-order valence-corrected chi connectivity index (χ0v) is 16.1. The van der Waals surface area contributed by atoms with Crippen LogP contribution in [0.4, 0.5) is 5.69 Å². The first-order chi connectivity index (χ1) is 13.2. The Labute approximate surface area is 162 Å². The van der Waals surface area contributed by atoms with Crippen LogP contribution in [0.1, 0.15) is 24.1 Å². The molecule has 0 radical (unpaired) electrons. The van der Waals surface area contributed by atoms with E-state index in [1.54, 1.807) is 0 Å². The van der Waals surface area contributed by atoms with E-state index in [0.717, 1.165) is 12.2 Å². The van der Waals surface area contributed by atoms with E-state index in [1.807, 2.05) is 18.0 Å². The molecule has 0 fully saturated rings. The molecule has 0 saturated heterocycles. The summed E-state index contributed by atoms with van der Waals surface area (Å²) in [7, 11) is 1.99. The minimum Gasteiger partial charge on any atom is -0.395 e. The molecular formula is C24H28N2O. The molecule has 3 nitrogen and oxygen atoms in total. The van der Waals surface area contributed by atoms with E-state index < -0.39 is 0 Å². The van der Waals surface area contributed by atoms with Gasteiger partial charge in [-0.3, -0.25) is 0 Å². The van der Waals surface area contributed by atoms with E-state index in [-0.39, 0.29) is 12.6 Å². The van der Waals surface area contributed by atoms with Gasteiger partial charge >= 0.3 is 0 Å². The molecule has 3 rings (SSSR count). The average Bonchev–Trinajstić information content (AvgIpc) is 2.73.